The molecule has 1 atom stereocenters. The van der Waals surface area contributed by atoms with Crippen molar-refractivity contribution in [3.8, 4) is 0 Å². The Morgan fingerprint density at radius 3 is 2.00 bits per heavy atom. The van der Waals surface area contributed by atoms with Crippen molar-refractivity contribution in [2.24, 2.45) is 0 Å². The van der Waals surface area contributed by atoms with Crippen LogP contribution in [0.25, 0.3) is 0 Å². The first kappa shape index (κ1) is 14.3. The molecule has 1 nitrogen and oxygen atoms in total. The number of rotatable bonds is 3. The maximum Gasteiger partial charge on any atom is 0.256 e. The van der Waals surface area contributed by atoms with Gasteiger partial charge in [-0.05, 0) is 22.8 Å². The van der Waals surface area contributed by atoms with Crippen LogP contribution in [-0.4, -0.2) is 18.8 Å². The summed E-state index contributed by atoms with van der Waals surface area (Å²) in [4.78, 5) is 0. The molecule has 0 amide bonds. The van der Waals surface area contributed by atoms with Gasteiger partial charge in [-0.25, -0.2) is 0 Å². The van der Waals surface area contributed by atoms with Gasteiger partial charge in [-0.15, -0.1) is 0 Å². The van der Waals surface area contributed by atoms with Crippen LogP contribution in [-0.2, 0) is 4.43 Å². The highest BCUT2D eigenvalue weighted by atomic mass is 127. The Bertz CT molecular complexity index is 504. The Morgan fingerprint density at radius 2 is 1.50 bits per heavy atom. The molecule has 0 bridgehead atoms. The molecule has 0 N–H and O–H groups in total. The third kappa shape index (κ3) is 2.71. The highest BCUT2D eigenvalue weighted by Gasteiger charge is 2.43. The van der Waals surface area contributed by atoms with Gasteiger partial charge in [0.1, 0.15) is 0 Å². The van der Waals surface area contributed by atoms with Crippen LogP contribution in [0, 0.1) is 0 Å². The molecule has 3 heteroatoms. The molecule has 1 saturated heterocycles. The normalized spacial score (nSPS) is 21.6. The predicted molar refractivity (Wildman–Crippen MR) is 95.7 cm³/mol. The lowest BCUT2D eigenvalue weighted by atomic mass is 10.2. The van der Waals surface area contributed by atoms with Gasteiger partial charge in [0, 0.05) is 4.43 Å². The molecule has 1 aliphatic heterocycles. The topological polar surface area (TPSA) is 9.23 Å². The second-order valence-electron chi connectivity index (χ2n) is 5.35. The van der Waals surface area contributed by atoms with Gasteiger partial charge in [-0.1, -0.05) is 89.7 Å². The van der Waals surface area contributed by atoms with Gasteiger partial charge in [-0.3, -0.25) is 0 Å². The molecular formula is C17H19IOSi. The van der Waals surface area contributed by atoms with E-state index in [0.717, 1.165) is 4.43 Å². The van der Waals surface area contributed by atoms with Crippen LogP contribution < -0.4 is 10.4 Å². The summed E-state index contributed by atoms with van der Waals surface area (Å²) in [5.41, 5.74) is 0. The minimum atomic E-state index is -2.02. The largest absolute Gasteiger partial charge is 0.404 e. The molecule has 2 aromatic carbocycles. The van der Waals surface area contributed by atoms with E-state index in [2.05, 4.69) is 83.3 Å². The molecule has 20 heavy (non-hydrogen) atoms. The summed E-state index contributed by atoms with van der Waals surface area (Å²) >= 11 is 2.46. The molecule has 0 saturated carbocycles. The SMILES string of the molecule is ICC1CCC[Si](c2ccccc2)(c2ccccc2)O1. The molecule has 2 aromatic rings. The van der Waals surface area contributed by atoms with Crippen LogP contribution in [0.5, 0.6) is 0 Å². The van der Waals surface area contributed by atoms with E-state index in [1.165, 1.54) is 29.3 Å². The number of hydrogen-bond acceptors (Lipinski definition) is 1. The fraction of sp³-hybridized carbons (Fsp3) is 0.294. The predicted octanol–water partition coefficient (Wildman–Crippen LogP) is 3.36. The number of benzene rings is 2. The first-order chi connectivity index (χ1) is 9.85. The smallest absolute Gasteiger partial charge is 0.256 e. The monoisotopic (exact) mass is 394 g/mol. The average Bonchev–Trinajstić information content (AvgIpc) is 2.56. The second kappa shape index (κ2) is 6.41. The quantitative estimate of drug-likeness (QED) is 0.441. The summed E-state index contributed by atoms with van der Waals surface area (Å²) in [6.07, 6.45) is 2.90. The fourth-order valence-electron chi connectivity index (χ4n) is 3.10. The molecule has 0 spiro atoms. The van der Waals surface area contributed by atoms with Crippen molar-refractivity contribution in [1.82, 2.24) is 0 Å². The Hall–Kier alpha value is -0.653. The first-order valence-electron chi connectivity index (χ1n) is 7.20. The molecule has 0 radical (unpaired) electrons. The van der Waals surface area contributed by atoms with E-state index < -0.39 is 8.32 Å². The van der Waals surface area contributed by atoms with E-state index in [1.807, 2.05) is 0 Å². The maximum absolute atomic E-state index is 6.73. The first-order valence-corrected chi connectivity index (χ1v) is 10.8. The molecule has 1 unspecified atom stereocenters. The van der Waals surface area contributed by atoms with Crippen molar-refractivity contribution in [1.29, 1.82) is 0 Å². The van der Waals surface area contributed by atoms with E-state index in [4.69, 9.17) is 4.43 Å². The zero-order valence-corrected chi connectivity index (χ0v) is 14.6. The van der Waals surface area contributed by atoms with Gasteiger partial charge in [0.25, 0.3) is 8.32 Å². The van der Waals surface area contributed by atoms with E-state index in [-0.39, 0.29) is 0 Å². The Labute approximate surface area is 135 Å². The highest BCUT2D eigenvalue weighted by molar-refractivity contribution is 14.1. The van der Waals surface area contributed by atoms with Crippen molar-refractivity contribution in [2.45, 2.75) is 25.0 Å². The Balaban J connectivity index is 2.08. The molecule has 3 rings (SSSR count). The van der Waals surface area contributed by atoms with Crippen molar-refractivity contribution >= 4 is 41.3 Å². The zero-order valence-electron chi connectivity index (χ0n) is 11.5. The Kier molecular flexibility index (Phi) is 4.58. The van der Waals surface area contributed by atoms with Crippen LogP contribution in [0.3, 0.4) is 0 Å². The van der Waals surface area contributed by atoms with Crippen molar-refractivity contribution in [2.75, 3.05) is 4.43 Å². The molecule has 1 fully saturated rings. The molecule has 0 aliphatic carbocycles. The van der Waals surface area contributed by atoms with E-state index in [0.29, 0.717) is 6.10 Å². The summed E-state index contributed by atoms with van der Waals surface area (Å²) in [7, 11) is -2.02. The minimum absolute atomic E-state index is 0.413. The zero-order chi connectivity index (χ0) is 13.8. The second-order valence-corrected chi connectivity index (χ2v) is 9.77. The highest BCUT2D eigenvalue weighted by Crippen LogP contribution is 2.27. The van der Waals surface area contributed by atoms with Gasteiger partial charge in [0.15, 0.2) is 0 Å². The van der Waals surface area contributed by atoms with Crippen molar-refractivity contribution in [3.05, 3.63) is 60.7 Å². The lowest BCUT2D eigenvalue weighted by Gasteiger charge is -2.40. The van der Waals surface area contributed by atoms with Gasteiger partial charge in [-0.2, -0.15) is 0 Å². The number of hydrogen-bond donors (Lipinski definition) is 0. The standard InChI is InChI=1S/C17H19IOSi/c18-14-15-8-7-13-20(19-15,16-9-3-1-4-10-16)17-11-5-2-6-12-17/h1-6,9-12,15H,7-8,13-14H2. The molecular weight excluding hydrogens is 375 g/mol. The maximum atomic E-state index is 6.73. The third-order valence-corrected chi connectivity index (χ3v) is 9.38. The lowest BCUT2D eigenvalue weighted by molar-refractivity contribution is 0.193. The summed E-state index contributed by atoms with van der Waals surface area (Å²) < 4.78 is 7.82. The molecule has 1 aliphatic rings. The van der Waals surface area contributed by atoms with Crippen LogP contribution in [0.4, 0.5) is 0 Å². The number of halogens is 1. The summed E-state index contributed by atoms with van der Waals surface area (Å²) in [5.74, 6) is 0. The van der Waals surface area contributed by atoms with Crippen LogP contribution in [0.1, 0.15) is 12.8 Å². The fourth-order valence-corrected chi connectivity index (χ4v) is 8.29. The average molecular weight is 394 g/mol. The van der Waals surface area contributed by atoms with Crippen LogP contribution in [0.15, 0.2) is 60.7 Å². The third-order valence-electron chi connectivity index (χ3n) is 4.08. The van der Waals surface area contributed by atoms with Crippen LogP contribution in [0.2, 0.25) is 6.04 Å². The van der Waals surface area contributed by atoms with Crippen molar-refractivity contribution < 1.29 is 4.43 Å². The number of alkyl halides is 1. The van der Waals surface area contributed by atoms with Gasteiger partial charge in [0.2, 0.25) is 0 Å². The summed E-state index contributed by atoms with van der Waals surface area (Å²) in [6.45, 7) is 0. The summed E-state index contributed by atoms with van der Waals surface area (Å²) in [6, 6.07) is 23.0. The lowest BCUT2D eigenvalue weighted by Crippen LogP contribution is -2.64. The van der Waals surface area contributed by atoms with E-state index >= 15 is 0 Å². The Morgan fingerprint density at radius 1 is 0.950 bits per heavy atom. The molecule has 1 heterocycles. The minimum Gasteiger partial charge on any atom is -0.404 e. The van der Waals surface area contributed by atoms with E-state index in [1.54, 1.807) is 0 Å². The summed E-state index contributed by atoms with van der Waals surface area (Å²) in [5, 5.41) is 2.83. The van der Waals surface area contributed by atoms with Gasteiger partial charge in [0.05, 0.1) is 6.10 Å². The van der Waals surface area contributed by atoms with Gasteiger partial charge >= 0.3 is 0 Å². The van der Waals surface area contributed by atoms with E-state index in [9.17, 15) is 0 Å². The molecule has 0 aromatic heterocycles. The van der Waals surface area contributed by atoms with Crippen molar-refractivity contribution in [3.63, 3.8) is 0 Å². The van der Waals surface area contributed by atoms with Gasteiger partial charge < -0.3 is 4.43 Å². The molecule has 104 valence electrons. The van der Waals surface area contributed by atoms with Crippen LogP contribution >= 0.6 is 22.6 Å².